The molecule has 0 amide bonds. The van der Waals surface area contributed by atoms with Gasteiger partial charge in [0.25, 0.3) is 0 Å². The summed E-state index contributed by atoms with van der Waals surface area (Å²) in [6.07, 6.45) is 4.95. The van der Waals surface area contributed by atoms with Crippen LogP contribution in [0.5, 0.6) is 0 Å². The molecule has 0 bridgehead atoms. The van der Waals surface area contributed by atoms with Crippen molar-refractivity contribution in [2.75, 3.05) is 13.2 Å². The Morgan fingerprint density at radius 2 is 1.81 bits per heavy atom. The maximum atomic E-state index is 6.16. The maximum absolute atomic E-state index is 6.16. The van der Waals surface area contributed by atoms with Gasteiger partial charge in [0, 0.05) is 17.0 Å². The van der Waals surface area contributed by atoms with Crippen molar-refractivity contribution in [1.29, 1.82) is 0 Å². The van der Waals surface area contributed by atoms with E-state index < -0.39 is 0 Å². The predicted octanol–water partition coefficient (Wildman–Crippen LogP) is 5.51. The van der Waals surface area contributed by atoms with Crippen LogP contribution in [0.4, 0.5) is 0 Å². The van der Waals surface area contributed by atoms with Gasteiger partial charge in [-0.15, -0.1) is 0 Å². The second-order valence-electron chi connectivity index (χ2n) is 9.01. The lowest BCUT2D eigenvalue weighted by Gasteiger charge is -2.35. The van der Waals surface area contributed by atoms with Gasteiger partial charge in [-0.2, -0.15) is 0 Å². The van der Waals surface area contributed by atoms with Gasteiger partial charge in [0.1, 0.15) is 6.61 Å². The van der Waals surface area contributed by atoms with E-state index in [1.54, 1.807) is 0 Å². The molecule has 0 unspecified atom stereocenters. The van der Waals surface area contributed by atoms with Crippen LogP contribution in [-0.4, -0.2) is 31.3 Å². The number of unbranched alkanes of at least 4 members (excludes halogenated alkanes) is 2. The first kappa shape index (κ1) is 20.3. The SMILES string of the molecule is CCCCC[C@H]1CO[C@H](c2ccc(C3=N[C@H](C(C)(C)C)CO3)cc2)O[C@@H]1C. The van der Waals surface area contributed by atoms with Gasteiger partial charge in [-0.25, -0.2) is 4.99 Å². The van der Waals surface area contributed by atoms with Gasteiger partial charge < -0.3 is 14.2 Å². The molecule has 0 spiro atoms. The molecule has 0 saturated carbocycles. The fourth-order valence-electron chi connectivity index (χ4n) is 3.60. The van der Waals surface area contributed by atoms with Crippen molar-refractivity contribution >= 4 is 5.90 Å². The first-order valence-electron chi connectivity index (χ1n) is 10.5. The molecule has 150 valence electrons. The molecular formula is C23H35NO3. The molecule has 0 radical (unpaired) electrons. The highest BCUT2D eigenvalue weighted by atomic mass is 16.7. The smallest absolute Gasteiger partial charge is 0.216 e. The summed E-state index contributed by atoms with van der Waals surface area (Å²) in [6.45, 7) is 12.4. The minimum absolute atomic E-state index is 0.120. The topological polar surface area (TPSA) is 40.0 Å². The van der Waals surface area contributed by atoms with E-state index >= 15 is 0 Å². The Bertz CT molecular complexity index is 632. The number of benzene rings is 1. The molecule has 1 fully saturated rings. The summed E-state index contributed by atoms with van der Waals surface area (Å²) in [5.74, 6) is 1.25. The summed E-state index contributed by atoms with van der Waals surface area (Å²) in [5.41, 5.74) is 2.20. The standard InChI is InChI=1S/C23H35NO3/c1-6-7-8-9-19-14-26-22(27-16(19)2)18-12-10-17(11-13-18)21-24-20(15-25-21)23(3,4)5/h10-13,16,19-20,22H,6-9,14-15H2,1-5H3/t16-,19+,20+,22+/m1/s1. The zero-order valence-electron chi connectivity index (χ0n) is 17.5. The Labute approximate surface area is 164 Å². The zero-order valence-corrected chi connectivity index (χ0v) is 17.5. The van der Waals surface area contributed by atoms with Crippen molar-refractivity contribution < 1.29 is 14.2 Å². The van der Waals surface area contributed by atoms with E-state index in [-0.39, 0.29) is 23.9 Å². The van der Waals surface area contributed by atoms with Crippen LogP contribution in [0.2, 0.25) is 0 Å². The number of ether oxygens (including phenoxy) is 3. The molecule has 0 aromatic heterocycles. The summed E-state index contributed by atoms with van der Waals surface area (Å²) >= 11 is 0. The fourth-order valence-corrected chi connectivity index (χ4v) is 3.60. The number of rotatable bonds is 6. The maximum Gasteiger partial charge on any atom is 0.216 e. The summed E-state index contributed by atoms with van der Waals surface area (Å²) in [4.78, 5) is 4.76. The van der Waals surface area contributed by atoms with Gasteiger partial charge in [0.15, 0.2) is 6.29 Å². The van der Waals surface area contributed by atoms with E-state index in [9.17, 15) is 0 Å². The van der Waals surface area contributed by atoms with Crippen LogP contribution in [-0.2, 0) is 14.2 Å². The number of aliphatic imine (C=N–C) groups is 1. The fraction of sp³-hybridized carbons (Fsp3) is 0.696. The third-order valence-corrected chi connectivity index (χ3v) is 5.72. The molecule has 2 heterocycles. The van der Waals surface area contributed by atoms with Crippen LogP contribution in [0.3, 0.4) is 0 Å². The van der Waals surface area contributed by atoms with Crippen molar-refractivity contribution in [2.45, 2.75) is 78.7 Å². The second-order valence-corrected chi connectivity index (χ2v) is 9.01. The second kappa shape index (κ2) is 8.74. The molecule has 1 aromatic carbocycles. The first-order valence-corrected chi connectivity index (χ1v) is 10.5. The van der Waals surface area contributed by atoms with E-state index in [2.05, 4.69) is 58.9 Å². The first-order chi connectivity index (χ1) is 12.9. The lowest BCUT2D eigenvalue weighted by Crippen LogP contribution is -2.34. The normalized spacial score (nSPS) is 28.7. The average molecular weight is 374 g/mol. The highest BCUT2D eigenvalue weighted by molar-refractivity contribution is 5.95. The van der Waals surface area contributed by atoms with Gasteiger partial charge in [0.2, 0.25) is 5.90 Å². The Balaban J connectivity index is 1.58. The van der Waals surface area contributed by atoms with E-state index in [1.165, 1.54) is 25.7 Å². The van der Waals surface area contributed by atoms with Crippen LogP contribution in [0.15, 0.2) is 29.3 Å². The molecule has 2 aliphatic rings. The Kier molecular flexibility index (Phi) is 6.59. The highest BCUT2D eigenvalue weighted by Gasteiger charge is 2.31. The summed E-state index contributed by atoms with van der Waals surface area (Å²) < 4.78 is 18.0. The molecule has 27 heavy (non-hydrogen) atoms. The average Bonchev–Trinajstić information content (AvgIpc) is 3.14. The Morgan fingerprint density at radius 1 is 1.07 bits per heavy atom. The third kappa shape index (κ3) is 5.11. The zero-order chi connectivity index (χ0) is 19.4. The van der Waals surface area contributed by atoms with Crippen LogP contribution in [0, 0.1) is 11.3 Å². The van der Waals surface area contributed by atoms with Gasteiger partial charge in [-0.3, -0.25) is 0 Å². The Morgan fingerprint density at radius 3 is 2.41 bits per heavy atom. The molecule has 1 aromatic rings. The van der Waals surface area contributed by atoms with Crippen molar-refractivity contribution in [1.82, 2.24) is 0 Å². The number of hydrogen-bond donors (Lipinski definition) is 0. The molecule has 3 rings (SSSR count). The number of nitrogens with zero attached hydrogens (tertiary/aromatic N) is 1. The van der Waals surface area contributed by atoms with Gasteiger partial charge in [-0.1, -0.05) is 59.1 Å². The molecule has 0 aliphatic carbocycles. The summed E-state index contributed by atoms with van der Waals surface area (Å²) in [7, 11) is 0. The molecule has 1 saturated heterocycles. The largest absolute Gasteiger partial charge is 0.475 e. The van der Waals surface area contributed by atoms with Crippen molar-refractivity contribution in [3.05, 3.63) is 35.4 Å². The van der Waals surface area contributed by atoms with Gasteiger partial charge in [0.05, 0.1) is 18.8 Å². The van der Waals surface area contributed by atoms with Crippen LogP contribution >= 0.6 is 0 Å². The minimum atomic E-state index is -0.273. The van der Waals surface area contributed by atoms with Gasteiger partial charge in [-0.05, 0) is 30.9 Å². The van der Waals surface area contributed by atoms with Crippen molar-refractivity contribution in [3.8, 4) is 0 Å². The Hall–Kier alpha value is -1.39. The molecule has 4 atom stereocenters. The lowest BCUT2D eigenvalue weighted by atomic mass is 9.88. The molecule has 0 N–H and O–H groups in total. The third-order valence-electron chi connectivity index (χ3n) is 5.72. The summed E-state index contributed by atoms with van der Waals surface area (Å²) in [6, 6.07) is 8.47. The lowest BCUT2D eigenvalue weighted by molar-refractivity contribution is -0.237. The van der Waals surface area contributed by atoms with E-state index in [4.69, 9.17) is 19.2 Å². The summed E-state index contributed by atoms with van der Waals surface area (Å²) in [5, 5.41) is 0. The monoisotopic (exact) mass is 373 g/mol. The minimum Gasteiger partial charge on any atom is -0.475 e. The number of hydrogen-bond acceptors (Lipinski definition) is 4. The molecular weight excluding hydrogens is 338 g/mol. The highest BCUT2D eigenvalue weighted by Crippen LogP contribution is 2.32. The van der Waals surface area contributed by atoms with E-state index in [0.29, 0.717) is 12.5 Å². The van der Waals surface area contributed by atoms with E-state index in [0.717, 1.165) is 23.6 Å². The van der Waals surface area contributed by atoms with Crippen LogP contribution in [0.1, 0.15) is 77.7 Å². The van der Waals surface area contributed by atoms with Crippen LogP contribution in [0.25, 0.3) is 0 Å². The van der Waals surface area contributed by atoms with Crippen molar-refractivity contribution in [3.63, 3.8) is 0 Å². The van der Waals surface area contributed by atoms with Gasteiger partial charge >= 0.3 is 0 Å². The molecule has 4 nitrogen and oxygen atoms in total. The molecule has 4 heteroatoms. The predicted molar refractivity (Wildman–Crippen MR) is 109 cm³/mol. The van der Waals surface area contributed by atoms with Crippen molar-refractivity contribution in [2.24, 2.45) is 16.3 Å². The quantitative estimate of drug-likeness (QED) is 0.617. The molecule has 2 aliphatic heterocycles. The van der Waals surface area contributed by atoms with E-state index in [1.807, 2.05) is 0 Å². The van der Waals surface area contributed by atoms with Crippen LogP contribution < -0.4 is 0 Å².